The molecule has 0 spiro atoms. The summed E-state index contributed by atoms with van der Waals surface area (Å²) in [6.45, 7) is 11.8. The van der Waals surface area contributed by atoms with Gasteiger partial charge in [0.1, 0.15) is 34.9 Å². The van der Waals surface area contributed by atoms with E-state index in [4.69, 9.17) is 19.4 Å². The number of amides is 4. The van der Waals surface area contributed by atoms with Gasteiger partial charge in [-0.1, -0.05) is 109 Å². The number of likely N-dealkylation sites (tertiary alicyclic amines) is 2. The fraction of sp³-hybridized carbons (Fsp3) is 0.346. The fourth-order valence-electron chi connectivity index (χ4n) is 8.67. The number of ether oxygens (including phenoxy) is 2. The number of carbonyl (C=O) groups is 4. The van der Waals surface area contributed by atoms with Crippen LogP contribution in [0.4, 0.5) is 9.59 Å². The lowest BCUT2D eigenvalue weighted by Gasteiger charge is -2.29. The molecule has 2 aliphatic rings. The van der Waals surface area contributed by atoms with Crippen molar-refractivity contribution >= 4 is 24.0 Å². The van der Waals surface area contributed by atoms with Gasteiger partial charge < -0.3 is 39.9 Å². The average molecular weight is 891 g/mol. The molecule has 4 heterocycles. The molecule has 4 N–H and O–H groups in total. The van der Waals surface area contributed by atoms with Gasteiger partial charge in [0.25, 0.3) is 11.8 Å². The van der Waals surface area contributed by atoms with Crippen molar-refractivity contribution in [1.82, 2.24) is 40.4 Å². The molecule has 6 aromatic rings. The van der Waals surface area contributed by atoms with Gasteiger partial charge in [-0.05, 0) is 101 Å². The maximum atomic E-state index is 14.2. The summed E-state index contributed by atoms with van der Waals surface area (Å²) < 4.78 is 11.0. The maximum absolute atomic E-state index is 14.2. The van der Waals surface area contributed by atoms with Gasteiger partial charge >= 0.3 is 12.2 Å². The van der Waals surface area contributed by atoms with E-state index in [1.165, 1.54) is 0 Å². The Hall–Kier alpha value is -7.22. The van der Waals surface area contributed by atoms with Crippen LogP contribution in [0.15, 0.2) is 122 Å². The molecular formula is C52H58N8O6. The van der Waals surface area contributed by atoms with Crippen LogP contribution in [0.25, 0.3) is 33.6 Å². The fourth-order valence-corrected chi connectivity index (χ4v) is 8.67. The number of hydrogen-bond donors (Lipinski definition) is 4. The SMILES string of the molecule is CC(C)(C)OC(=O)N[C@@H](C(=O)N1CCC[C@H]1c1ncc(-c2ccc(-c3ccc(-c4cnc([C@@H]5CCCN5C(=O)[C@H](NC(=O)OC(C)(C)C)c5ccccc5)[nH]4)cc3)cc2)[nH]1)c1ccccc1. The number of alkyl carbamates (subject to hydrolysis) is 2. The average Bonchev–Trinajstić information content (AvgIpc) is 4.14. The molecule has 14 nitrogen and oxygen atoms in total. The third-order valence-electron chi connectivity index (χ3n) is 11.7. The molecule has 0 aliphatic carbocycles. The largest absolute Gasteiger partial charge is 0.444 e. The van der Waals surface area contributed by atoms with Crippen molar-refractivity contribution in [3.05, 3.63) is 144 Å². The summed E-state index contributed by atoms with van der Waals surface area (Å²) in [5.41, 5.74) is 5.60. The summed E-state index contributed by atoms with van der Waals surface area (Å²) in [5.74, 6) is 0.957. The Labute approximate surface area is 385 Å². The topological polar surface area (TPSA) is 175 Å². The molecule has 2 fully saturated rings. The Morgan fingerprint density at radius 3 is 1.24 bits per heavy atom. The van der Waals surface area contributed by atoms with Crippen LogP contribution in [0.2, 0.25) is 0 Å². The second-order valence-electron chi connectivity index (χ2n) is 18.9. The molecule has 4 amide bonds. The van der Waals surface area contributed by atoms with Crippen LogP contribution >= 0.6 is 0 Å². The number of rotatable bonds is 11. The molecule has 2 aliphatic heterocycles. The highest BCUT2D eigenvalue weighted by atomic mass is 16.6. The number of aromatic amines is 2. The maximum Gasteiger partial charge on any atom is 0.408 e. The summed E-state index contributed by atoms with van der Waals surface area (Å²) in [6.07, 6.45) is 5.39. The molecule has 0 unspecified atom stereocenters. The van der Waals surface area contributed by atoms with Gasteiger partial charge in [-0.3, -0.25) is 9.59 Å². The molecule has 4 atom stereocenters. The summed E-state index contributed by atoms with van der Waals surface area (Å²) in [7, 11) is 0. The molecule has 0 saturated carbocycles. The first-order chi connectivity index (χ1) is 31.6. The molecular weight excluding hydrogens is 833 g/mol. The van der Waals surface area contributed by atoms with Gasteiger partial charge in [0.2, 0.25) is 0 Å². The lowest BCUT2D eigenvalue weighted by Crippen LogP contribution is -2.44. The number of carbonyl (C=O) groups excluding carboxylic acids is 4. The highest BCUT2D eigenvalue weighted by molar-refractivity contribution is 5.88. The molecule has 0 radical (unpaired) electrons. The highest BCUT2D eigenvalue weighted by Gasteiger charge is 2.39. The van der Waals surface area contributed by atoms with Crippen LogP contribution in [-0.2, 0) is 19.1 Å². The first-order valence-corrected chi connectivity index (χ1v) is 22.6. The number of imidazole rings is 2. The number of benzene rings is 4. The lowest BCUT2D eigenvalue weighted by molar-refractivity contribution is -0.135. The summed E-state index contributed by atoms with van der Waals surface area (Å²) in [4.78, 5) is 74.1. The number of aromatic nitrogens is 4. The smallest absolute Gasteiger partial charge is 0.408 e. The summed E-state index contributed by atoms with van der Waals surface area (Å²) in [6, 6.07) is 32.6. The molecule has 2 aromatic heterocycles. The Kier molecular flexibility index (Phi) is 13.1. The summed E-state index contributed by atoms with van der Waals surface area (Å²) >= 11 is 0. The van der Waals surface area contributed by atoms with E-state index in [1.54, 1.807) is 63.7 Å². The van der Waals surface area contributed by atoms with Crippen molar-refractivity contribution < 1.29 is 28.7 Å². The Morgan fingerprint density at radius 2 is 0.894 bits per heavy atom. The van der Waals surface area contributed by atoms with Crippen LogP contribution in [0.1, 0.15) is 114 Å². The number of hydrogen-bond acceptors (Lipinski definition) is 8. The van der Waals surface area contributed by atoms with E-state index in [9.17, 15) is 19.2 Å². The van der Waals surface area contributed by atoms with Crippen LogP contribution < -0.4 is 10.6 Å². The molecule has 4 aromatic carbocycles. The van der Waals surface area contributed by atoms with Crippen molar-refractivity contribution in [2.45, 2.75) is 103 Å². The van der Waals surface area contributed by atoms with Crippen molar-refractivity contribution in [3.63, 3.8) is 0 Å². The van der Waals surface area contributed by atoms with E-state index in [1.807, 2.05) is 60.7 Å². The van der Waals surface area contributed by atoms with Gasteiger partial charge in [-0.15, -0.1) is 0 Å². The van der Waals surface area contributed by atoms with Crippen LogP contribution in [0.5, 0.6) is 0 Å². The zero-order valence-corrected chi connectivity index (χ0v) is 38.3. The molecule has 8 rings (SSSR count). The van der Waals surface area contributed by atoms with E-state index in [0.717, 1.165) is 59.3 Å². The Morgan fingerprint density at radius 1 is 0.545 bits per heavy atom. The normalized spacial score (nSPS) is 17.2. The van der Waals surface area contributed by atoms with Crippen LogP contribution in [-0.4, -0.2) is 78.0 Å². The molecule has 14 heteroatoms. The highest BCUT2D eigenvalue weighted by Crippen LogP contribution is 2.36. The minimum atomic E-state index is -0.911. The van der Waals surface area contributed by atoms with E-state index < -0.39 is 35.5 Å². The standard InChI is InChI=1S/C52H58N8O6/c1-51(2,3)65-49(63)57-43(37-15-9-7-10-16-37)47(61)59-29-13-19-41(59)45-53-31-39(55-45)35-25-21-33(22-26-35)34-23-27-36(28-24-34)40-32-54-46(56-40)42-20-14-30-60(42)48(62)44(38-17-11-8-12-18-38)58-50(64)66-52(4,5)6/h7-12,15-18,21-28,31-32,41-44H,13-14,19-20,29-30H2,1-6H3,(H,53,55)(H,54,56)(H,57,63)(H,58,64)/t41-,42-,43+,44+/m0/s1. The zero-order chi connectivity index (χ0) is 46.6. The van der Waals surface area contributed by atoms with Crippen molar-refractivity contribution in [2.75, 3.05) is 13.1 Å². The van der Waals surface area contributed by atoms with Gasteiger partial charge in [0.15, 0.2) is 0 Å². The molecule has 0 bridgehead atoms. The number of nitrogens with zero attached hydrogens (tertiary/aromatic N) is 4. The van der Waals surface area contributed by atoms with Crippen LogP contribution in [0, 0.1) is 0 Å². The van der Waals surface area contributed by atoms with E-state index in [-0.39, 0.29) is 23.9 Å². The second kappa shape index (κ2) is 19.1. The van der Waals surface area contributed by atoms with E-state index in [2.05, 4.69) is 69.1 Å². The molecule has 2 saturated heterocycles. The predicted molar refractivity (Wildman–Crippen MR) is 252 cm³/mol. The molecule has 342 valence electrons. The third-order valence-corrected chi connectivity index (χ3v) is 11.7. The second-order valence-corrected chi connectivity index (χ2v) is 18.9. The number of H-pyrrole nitrogens is 2. The first kappa shape index (κ1) is 45.4. The zero-order valence-electron chi connectivity index (χ0n) is 38.3. The van der Waals surface area contributed by atoms with Crippen molar-refractivity contribution in [1.29, 1.82) is 0 Å². The minimum Gasteiger partial charge on any atom is -0.444 e. The third kappa shape index (κ3) is 10.7. The minimum absolute atomic E-state index is 0.216. The first-order valence-electron chi connectivity index (χ1n) is 22.6. The van der Waals surface area contributed by atoms with Crippen LogP contribution in [0.3, 0.4) is 0 Å². The molecule has 66 heavy (non-hydrogen) atoms. The van der Waals surface area contributed by atoms with Crippen molar-refractivity contribution in [2.24, 2.45) is 0 Å². The summed E-state index contributed by atoms with van der Waals surface area (Å²) in [5, 5.41) is 5.64. The van der Waals surface area contributed by atoms with E-state index >= 15 is 0 Å². The Balaban J connectivity index is 0.922. The number of nitrogens with one attached hydrogen (secondary N) is 4. The quantitative estimate of drug-likeness (QED) is 0.0994. The predicted octanol–water partition coefficient (Wildman–Crippen LogP) is 9.99. The van der Waals surface area contributed by atoms with Gasteiger partial charge in [-0.25, -0.2) is 19.6 Å². The lowest BCUT2D eigenvalue weighted by atomic mass is 10.0. The van der Waals surface area contributed by atoms with Crippen molar-refractivity contribution in [3.8, 4) is 33.6 Å². The Bertz CT molecular complexity index is 2450. The monoisotopic (exact) mass is 890 g/mol. The van der Waals surface area contributed by atoms with Gasteiger partial charge in [0.05, 0.1) is 35.9 Å². The van der Waals surface area contributed by atoms with Gasteiger partial charge in [0, 0.05) is 13.1 Å². The van der Waals surface area contributed by atoms with E-state index in [0.29, 0.717) is 35.9 Å². The van der Waals surface area contributed by atoms with Gasteiger partial charge in [-0.2, -0.15) is 0 Å².